The summed E-state index contributed by atoms with van der Waals surface area (Å²) < 4.78 is 2.38. The second-order valence-corrected chi connectivity index (χ2v) is 22.2. The van der Waals surface area contributed by atoms with E-state index >= 15 is 0 Å². The van der Waals surface area contributed by atoms with Gasteiger partial charge in [0.25, 0.3) is 0 Å². The molecule has 0 fully saturated rings. The fourth-order valence-corrected chi connectivity index (χ4v) is 13.3. The van der Waals surface area contributed by atoms with Crippen molar-refractivity contribution in [2.45, 2.75) is 0 Å². The van der Waals surface area contributed by atoms with Crippen molar-refractivity contribution in [1.82, 2.24) is 19.9 Å². The van der Waals surface area contributed by atoms with Crippen LogP contribution in [-0.2, 0) is 0 Å². The van der Waals surface area contributed by atoms with Crippen molar-refractivity contribution < 1.29 is 0 Å². The molecule has 0 N–H and O–H groups in total. The van der Waals surface area contributed by atoms with E-state index in [1.807, 2.05) is 6.07 Å². The van der Waals surface area contributed by atoms with E-state index in [-0.39, 0.29) is 0 Å². The summed E-state index contributed by atoms with van der Waals surface area (Å²) in [6.07, 6.45) is 0. The smallest absolute Gasteiger partial charge is 0.161 e. The molecule has 0 aliphatic rings. The summed E-state index contributed by atoms with van der Waals surface area (Å²) in [5, 5.41) is 4.48. The molecule has 4 aromatic heterocycles. The number of benzene rings is 11. The highest BCUT2D eigenvalue weighted by atomic mass is 32.1. The molecule has 15 rings (SSSR count). The van der Waals surface area contributed by atoms with Crippen molar-refractivity contribution in [3.05, 3.63) is 279 Å². The molecule has 6 heteroatoms. The largest absolute Gasteiger partial charge is 0.227 e. The van der Waals surface area contributed by atoms with E-state index in [9.17, 15) is 0 Å². The van der Waals surface area contributed by atoms with Gasteiger partial charge < -0.3 is 0 Å². The summed E-state index contributed by atoms with van der Waals surface area (Å²) >= 11 is 3.44. The Balaban J connectivity index is 0.812. The van der Waals surface area contributed by atoms with Crippen LogP contribution >= 0.6 is 22.7 Å². The highest BCUT2D eigenvalue weighted by Crippen LogP contribution is 2.44. The summed E-state index contributed by atoms with van der Waals surface area (Å²) in [4.78, 5) is 23.3. The zero-order valence-electron chi connectivity index (χ0n) is 43.2. The number of hydrogen-bond acceptors (Lipinski definition) is 6. The second-order valence-electron chi connectivity index (χ2n) is 20.1. The Bertz CT molecular complexity index is 4800. The zero-order chi connectivity index (χ0) is 52.9. The topological polar surface area (TPSA) is 51.6 Å². The molecule has 374 valence electrons. The summed E-state index contributed by atoms with van der Waals surface area (Å²) in [5.41, 5.74) is 19.6. The molecule has 4 nitrogen and oxygen atoms in total. The van der Waals surface area contributed by atoms with E-state index in [1.54, 1.807) is 22.7 Å². The Kier molecular flexibility index (Phi) is 11.9. The van der Waals surface area contributed by atoms with Crippen LogP contribution in [-0.4, -0.2) is 19.9 Å². The van der Waals surface area contributed by atoms with Crippen molar-refractivity contribution in [2.24, 2.45) is 0 Å². The lowest BCUT2D eigenvalue weighted by molar-refractivity contribution is 1.24. The lowest BCUT2D eigenvalue weighted by Gasteiger charge is -2.14. The number of aromatic nitrogens is 4. The summed E-state index contributed by atoms with van der Waals surface area (Å²) in [5.74, 6) is 1.42. The van der Waals surface area contributed by atoms with Gasteiger partial charge in [0.2, 0.25) is 0 Å². The first-order valence-corrected chi connectivity index (χ1v) is 28.5. The molecule has 11 aromatic carbocycles. The van der Waals surface area contributed by atoms with Gasteiger partial charge in [0, 0.05) is 53.2 Å². The summed E-state index contributed by atoms with van der Waals surface area (Å²) in [6.45, 7) is 0. The Labute approximate surface area is 471 Å². The van der Waals surface area contributed by atoms with Crippen LogP contribution in [0, 0.1) is 0 Å². The third-order valence-corrected chi connectivity index (χ3v) is 17.3. The molecule has 0 bridgehead atoms. The third-order valence-electron chi connectivity index (χ3n) is 15.2. The fraction of sp³-hybridized carbons (Fsp3) is 0. The molecule has 0 aliphatic carbocycles. The molecule has 0 radical (unpaired) electrons. The van der Waals surface area contributed by atoms with Crippen molar-refractivity contribution in [3.8, 4) is 112 Å². The summed E-state index contributed by atoms with van der Waals surface area (Å²) in [7, 11) is 0. The lowest BCUT2D eigenvalue weighted by atomic mass is 9.92. The van der Waals surface area contributed by atoms with Gasteiger partial charge in [-0.25, -0.2) is 19.9 Å². The van der Waals surface area contributed by atoms with Gasteiger partial charge in [-0.05, 0) is 115 Å². The number of thiophene rings is 2. The van der Waals surface area contributed by atoms with Gasteiger partial charge in [-0.3, -0.25) is 0 Å². The normalized spacial score (nSPS) is 11.5. The number of rotatable bonds is 10. The van der Waals surface area contributed by atoms with Crippen LogP contribution in [0.3, 0.4) is 0 Å². The van der Waals surface area contributed by atoms with Gasteiger partial charge in [0.15, 0.2) is 11.6 Å². The molecule has 0 unspecified atom stereocenters. The van der Waals surface area contributed by atoms with Crippen molar-refractivity contribution in [1.29, 1.82) is 0 Å². The van der Waals surface area contributed by atoms with Crippen molar-refractivity contribution in [3.63, 3.8) is 0 Å². The molecule has 0 spiro atoms. The molecule has 0 amide bonds. The van der Waals surface area contributed by atoms with Crippen LogP contribution in [0.2, 0.25) is 0 Å². The van der Waals surface area contributed by atoms with Crippen LogP contribution in [0.1, 0.15) is 0 Å². The van der Waals surface area contributed by atoms with E-state index in [2.05, 4.69) is 273 Å². The van der Waals surface area contributed by atoms with E-state index in [4.69, 9.17) is 19.9 Å². The maximum absolute atomic E-state index is 5.51. The van der Waals surface area contributed by atoms with Gasteiger partial charge in [-0.15, -0.1) is 22.7 Å². The SMILES string of the molecule is c1ccc(-c2ccc(-c3nc(-c4cccc(-c5cccc(-c6cccc(-c7cc(-c8ccccc8)cc(-c8nc(-c9ccc(-c%10ccccc%10)cc9)nc9sc%10ccccc%10c89)c7)c6)c5)c4)c4c(n3)sc3ccccc34)cc2)cc1. The third kappa shape index (κ3) is 8.83. The van der Waals surface area contributed by atoms with E-state index in [1.165, 1.54) is 25.9 Å². The maximum atomic E-state index is 5.51. The van der Waals surface area contributed by atoms with E-state index < -0.39 is 0 Å². The van der Waals surface area contributed by atoms with E-state index in [0.29, 0.717) is 11.6 Å². The standard InChI is InChI=1S/C74H46N4S2/c1-4-17-47(18-5-1)50-33-37-52(38-34-50)71-75-69(67-63-29-10-12-31-65(63)79-73(67)77-71)59-28-16-26-57(43-59)55-24-14-23-54(41-55)56-25-15-27-58(42-56)61-44-60(49-21-8-3-9-22-49)45-62(46-61)70-68-64-30-11-13-32-66(64)80-74(68)78-72(76-70)53-39-35-51(36-40-53)48-19-6-2-7-20-48/h1-46H. The Morgan fingerprint density at radius 1 is 0.200 bits per heavy atom. The number of nitrogens with zero attached hydrogens (tertiary/aromatic N) is 4. The van der Waals surface area contributed by atoms with Gasteiger partial charge >= 0.3 is 0 Å². The molecule has 0 saturated heterocycles. The maximum Gasteiger partial charge on any atom is 0.161 e. The molecule has 4 heterocycles. The summed E-state index contributed by atoms with van der Waals surface area (Å²) in [6, 6.07) is 99.7. The predicted octanol–water partition coefficient (Wildman–Crippen LogP) is 20.7. The van der Waals surface area contributed by atoms with Crippen LogP contribution < -0.4 is 0 Å². The van der Waals surface area contributed by atoms with Gasteiger partial charge in [0.05, 0.1) is 11.4 Å². The Morgan fingerprint density at radius 2 is 0.487 bits per heavy atom. The first kappa shape index (κ1) is 47.3. The average Bonchev–Trinajstić information content (AvgIpc) is 4.13. The average molecular weight is 1060 g/mol. The minimum atomic E-state index is 0.706. The Morgan fingerprint density at radius 3 is 0.938 bits per heavy atom. The molecule has 0 atom stereocenters. The lowest BCUT2D eigenvalue weighted by Crippen LogP contribution is -1.95. The number of fused-ring (bicyclic) bond motifs is 6. The molecular formula is C74H46N4S2. The molecular weight excluding hydrogens is 1010 g/mol. The van der Waals surface area contributed by atoms with Crippen LogP contribution in [0.5, 0.6) is 0 Å². The van der Waals surface area contributed by atoms with Crippen molar-refractivity contribution in [2.75, 3.05) is 0 Å². The van der Waals surface area contributed by atoms with E-state index in [0.717, 1.165) is 115 Å². The van der Waals surface area contributed by atoms with Crippen molar-refractivity contribution >= 4 is 63.3 Å². The first-order chi connectivity index (χ1) is 39.6. The highest BCUT2D eigenvalue weighted by molar-refractivity contribution is 7.26. The number of hydrogen-bond donors (Lipinski definition) is 0. The van der Waals surface area contributed by atoms with Gasteiger partial charge in [-0.1, -0.05) is 231 Å². The fourth-order valence-electron chi connectivity index (χ4n) is 11.1. The van der Waals surface area contributed by atoms with Crippen LogP contribution in [0.15, 0.2) is 279 Å². The second kappa shape index (κ2) is 20.1. The van der Waals surface area contributed by atoms with Crippen LogP contribution in [0.4, 0.5) is 0 Å². The monoisotopic (exact) mass is 1050 g/mol. The Hall–Kier alpha value is -9.98. The predicted molar refractivity (Wildman–Crippen MR) is 338 cm³/mol. The quantitative estimate of drug-likeness (QED) is 0.137. The highest BCUT2D eigenvalue weighted by Gasteiger charge is 2.21. The van der Waals surface area contributed by atoms with Gasteiger partial charge in [-0.2, -0.15) is 0 Å². The van der Waals surface area contributed by atoms with Crippen LogP contribution in [0.25, 0.3) is 153 Å². The molecule has 15 aromatic rings. The van der Waals surface area contributed by atoms with Gasteiger partial charge in [0.1, 0.15) is 9.66 Å². The molecule has 0 saturated carbocycles. The first-order valence-electron chi connectivity index (χ1n) is 26.8. The minimum Gasteiger partial charge on any atom is -0.227 e. The minimum absolute atomic E-state index is 0.706. The molecule has 80 heavy (non-hydrogen) atoms. The zero-order valence-corrected chi connectivity index (χ0v) is 44.8. The molecule has 0 aliphatic heterocycles.